The van der Waals surface area contributed by atoms with Gasteiger partial charge in [-0.3, -0.25) is 0 Å². The molecular weight excluding hydrogens is 160 g/mol. The number of hydrogen-bond donors (Lipinski definition) is 0. The first kappa shape index (κ1) is 11.2. The lowest BCUT2D eigenvalue weighted by Gasteiger charge is -2.01. The zero-order valence-electron chi connectivity index (χ0n) is 7.44. The van der Waals surface area contributed by atoms with Crippen molar-refractivity contribution in [2.24, 2.45) is 0 Å². The first-order valence-corrected chi connectivity index (χ1v) is 5.09. The molecule has 0 unspecified atom stereocenters. The van der Waals surface area contributed by atoms with Gasteiger partial charge in [0.25, 0.3) is 0 Å². The highest BCUT2D eigenvalue weighted by Gasteiger charge is 1.88. The lowest BCUT2D eigenvalue weighted by molar-refractivity contribution is 0.131. The van der Waals surface area contributed by atoms with Crippen LogP contribution in [0, 0.1) is 0 Å². The molecule has 0 atom stereocenters. The van der Waals surface area contributed by atoms with Crippen molar-refractivity contribution in [1.82, 2.24) is 0 Å². The van der Waals surface area contributed by atoms with E-state index in [4.69, 9.17) is 16.3 Å². The zero-order valence-corrected chi connectivity index (χ0v) is 8.20. The summed E-state index contributed by atoms with van der Waals surface area (Å²) in [6.45, 7) is 3.96. The molecule has 0 saturated heterocycles. The van der Waals surface area contributed by atoms with Crippen LogP contribution in [0.2, 0.25) is 0 Å². The molecule has 2 heteroatoms. The number of unbranched alkanes of at least 4 members (excludes halogenated alkanes) is 3. The molecule has 0 saturated carbocycles. The normalized spacial score (nSPS) is 10.4. The quantitative estimate of drug-likeness (QED) is 0.410. The summed E-state index contributed by atoms with van der Waals surface area (Å²) in [5, 5.41) is 0. The molecule has 0 aromatic carbocycles. The molecule has 0 aliphatic heterocycles. The molecule has 0 heterocycles. The molecule has 0 radical (unpaired) electrons. The van der Waals surface area contributed by atoms with Gasteiger partial charge in [-0.15, -0.1) is 11.6 Å². The van der Waals surface area contributed by atoms with Crippen molar-refractivity contribution in [2.45, 2.75) is 39.0 Å². The summed E-state index contributed by atoms with van der Waals surface area (Å²) in [4.78, 5) is 0. The summed E-state index contributed by atoms with van der Waals surface area (Å²) < 4.78 is 5.34. The summed E-state index contributed by atoms with van der Waals surface area (Å²) in [5.41, 5.74) is 0. The molecule has 1 nitrogen and oxygen atoms in total. The molecular formula is C9H19ClO. The molecule has 0 rings (SSSR count). The van der Waals surface area contributed by atoms with Gasteiger partial charge in [0, 0.05) is 19.1 Å². The summed E-state index contributed by atoms with van der Waals surface area (Å²) in [6.07, 6.45) is 6.11. The van der Waals surface area contributed by atoms with Gasteiger partial charge in [-0.05, 0) is 12.8 Å². The Hall–Kier alpha value is 0.250. The van der Waals surface area contributed by atoms with Crippen LogP contribution < -0.4 is 0 Å². The maximum Gasteiger partial charge on any atom is 0.0477 e. The Morgan fingerprint density at radius 2 is 1.73 bits per heavy atom. The fourth-order valence-corrected chi connectivity index (χ4v) is 0.999. The monoisotopic (exact) mass is 178 g/mol. The average Bonchev–Trinajstić information content (AvgIpc) is 2.03. The van der Waals surface area contributed by atoms with Crippen molar-refractivity contribution in [3.63, 3.8) is 0 Å². The topological polar surface area (TPSA) is 9.23 Å². The van der Waals surface area contributed by atoms with Crippen molar-refractivity contribution in [3.05, 3.63) is 0 Å². The Bertz CT molecular complexity index is 58.6. The van der Waals surface area contributed by atoms with Crippen LogP contribution in [0.3, 0.4) is 0 Å². The highest BCUT2D eigenvalue weighted by Crippen LogP contribution is 1.99. The second-order valence-electron chi connectivity index (χ2n) is 2.72. The molecule has 0 spiro atoms. The van der Waals surface area contributed by atoms with E-state index in [1.807, 2.05) is 0 Å². The van der Waals surface area contributed by atoms with Gasteiger partial charge in [0.05, 0.1) is 0 Å². The Morgan fingerprint density at radius 3 is 2.36 bits per heavy atom. The number of ether oxygens (including phenoxy) is 1. The van der Waals surface area contributed by atoms with E-state index in [1.54, 1.807) is 0 Å². The third kappa shape index (κ3) is 10.2. The van der Waals surface area contributed by atoms with Gasteiger partial charge >= 0.3 is 0 Å². The van der Waals surface area contributed by atoms with Gasteiger partial charge in [0.15, 0.2) is 0 Å². The van der Waals surface area contributed by atoms with Crippen LogP contribution in [-0.2, 0) is 4.74 Å². The highest BCUT2D eigenvalue weighted by molar-refractivity contribution is 6.17. The van der Waals surface area contributed by atoms with Crippen molar-refractivity contribution >= 4 is 11.6 Å². The number of halogens is 1. The van der Waals surface area contributed by atoms with E-state index in [9.17, 15) is 0 Å². The van der Waals surface area contributed by atoms with Gasteiger partial charge in [0.1, 0.15) is 0 Å². The van der Waals surface area contributed by atoms with Gasteiger partial charge < -0.3 is 4.74 Å². The van der Waals surface area contributed by atoms with Crippen LogP contribution >= 0.6 is 11.6 Å². The molecule has 0 aromatic rings. The third-order valence-corrected chi connectivity index (χ3v) is 1.83. The van der Waals surface area contributed by atoms with Crippen molar-refractivity contribution in [3.8, 4) is 0 Å². The van der Waals surface area contributed by atoms with Gasteiger partial charge in [-0.2, -0.15) is 0 Å². The molecule has 0 aliphatic rings. The zero-order chi connectivity index (χ0) is 8.36. The van der Waals surface area contributed by atoms with E-state index >= 15 is 0 Å². The van der Waals surface area contributed by atoms with E-state index in [2.05, 4.69) is 6.92 Å². The van der Waals surface area contributed by atoms with Crippen LogP contribution in [0.4, 0.5) is 0 Å². The predicted molar refractivity (Wildman–Crippen MR) is 50.3 cm³/mol. The Kier molecular flexibility index (Phi) is 10.5. The smallest absolute Gasteiger partial charge is 0.0477 e. The van der Waals surface area contributed by atoms with Crippen LogP contribution in [0.15, 0.2) is 0 Å². The lowest BCUT2D eigenvalue weighted by atomic mass is 10.2. The summed E-state index contributed by atoms with van der Waals surface area (Å²) in [7, 11) is 0. The maximum atomic E-state index is 5.48. The standard InChI is InChI=1S/C9H19ClO/c1-2-3-4-5-8-11-9-6-7-10/h2-9H2,1H3. The highest BCUT2D eigenvalue weighted by atomic mass is 35.5. The van der Waals surface area contributed by atoms with Crippen LogP contribution in [0.1, 0.15) is 39.0 Å². The largest absolute Gasteiger partial charge is 0.381 e. The molecule has 0 bridgehead atoms. The summed E-state index contributed by atoms with van der Waals surface area (Å²) in [5.74, 6) is 0.717. The molecule has 0 amide bonds. The fourth-order valence-electron chi connectivity index (χ4n) is 0.890. The second kappa shape index (κ2) is 10.2. The minimum Gasteiger partial charge on any atom is -0.381 e. The molecule has 11 heavy (non-hydrogen) atoms. The van der Waals surface area contributed by atoms with E-state index in [-0.39, 0.29) is 0 Å². The molecule has 68 valence electrons. The Balaban J connectivity index is 2.69. The van der Waals surface area contributed by atoms with Crippen LogP contribution in [0.25, 0.3) is 0 Å². The Labute approximate surface area is 75.1 Å². The van der Waals surface area contributed by atoms with Gasteiger partial charge in [0.2, 0.25) is 0 Å². The minimum absolute atomic E-state index is 0.717. The SMILES string of the molecule is CCCCCCOCCCCl. The van der Waals surface area contributed by atoms with Gasteiger partial charge in [-0.1, -0.05) is 26.2 Å². The van der Waals surface area contributed by atoms with Gasteiger partial charge in [-0.25, -0.2) is 0 Å². The predicted octanol–water partition coefficient (Wildman–Crippen LogP) is 3.21. The van der Waals surface area contributed by atoms with Crippen molar-refractivity contribution in [1.29, 1.82) is 0 Å². The molecule has 0 N–H and O–H groups in total. The molecule has 0 aliphatic carbocycles. The number of hydrogen-bond acceptors (Lipinski definition) is 1. The van der Waals surface area contributed by atoms with Crippen LogP contribution in [0.5, 0.6) is 0 Å². The van der Waals surface area contributed by atoms with Crippen molar-refractivity contribution in [2.75, 3.05) is 19.1 Å². The summed E-state index contributed by atoms with van der Waals surface area (Å²) >= 11 is 5.48. The van der Waals surface area contributed by atoms with E-state index in [0.29, 0.717) is 0 Å². The molecule has 0 aromatic heterocycles. The molecule has 0 fully saturated rings. The maximum absolute atomic E-state index is 5.48. The van der Waals surface area contributed by atoms with E-state index in [0.717, 1.165) is 25.5 Å². The first-order valence-electron chi connectivity index (χ1n) is 4.55. The fraction of sp³-hybridized carbons (Fsp3) is 1.00. The lowest BCUT2D eigenvalue weighted by Crippen LogP contribution is -1.97. The van der Waals surface area contributed by atoms with E-state index < -0.39 is 0 Å². The van der Waals surface area contributed by atoms with Crippen molar-refractivity contribution < 1.29 is 4.74 Å². The Morgan fingerprint density at radius 1 is 1.00 bits per heavy atom. The second-order valence-corrected chi connectivity index (χ2v) is 3.09. The minimum atomic E-state index is 0.717. The average molecular weight is 179 g/mol. The van der Waals surface area contributed by atoms with E-state index in [1.165, 1.54) is 25.7 Å². The number of alkyl halides is 1. The third-order valence-electron chi connectivity index (χ3n) is 1.56. The first-order chi connectivity index (χ1) is 5.41. The summed E-state index contributed by atoms with van der Waals surface area (Å²) in [6, 6.07) is 0. The number of rotatable bonds is 8. The van der Waals surface area contributed by atoms with Crippen LogP contribution in [-0.4, -0.2) is 19.1 Å².